The fraction of sp³-hybridized carbons (Fsp3) is 0.929. The van der Waals surface area contributed by atoms with Gasteiger partial charge in [-0.15, -0.1) is 0 Å². The molecule has 5 nitrogen and oxygen atoms in total. The van der Waals surface area contributed by atoms with Gasteiger partial charge in [-0.3, -0.25) is 4.79 Å². The van der Waals surface area contributed by atoms with Gasteiger partial charge in [-0.05, 0) is 32.2 Å². The van der Waals surface area contributed by atoms with E-state index in [0.717, 1.165) is 13.0 Å². The van der Waals surface area contributed by atoms with Gasteiger partial charge >= 0.3 is 5.97 Å². The van der Waals surface area contributed by atoms with Crippen molar-refractivity contribution < 1.29 is 19.4 Å². The first kappa shape index (κ1) is 18.4. The number of carbonyl (C=O) groups is 1. The Balaban J connectivity index is 3.73. The average molecular weight is 275 g/mol. The molecule has 0 amide bonds. The highest BCUT2D eigenvalue weighted by Crippen LogP contribution is 2.10. The largest absolute Gasteiger partial charge is 0.480 e. The minimum atomic E-state index is -0.908. The van der Waals surface area contributed by atoms with Crippen LogP contribution in [0, 0.1) is 5.92 Å². The van der Waals surface area contributed by atoms with E-state index in [4.69, 9.17) is 9.47 Å². The lowest BCUT2D eigenvalue weighted by Crippen LogP contribution is -2.50. The number of hydrogen-bond acceptors (Lipinski definition) is 4. The van der Waals surface area contributed by atoms with Gasteiger partial charge in [0, 0.05) is 13.2 Å². The molecule has 0 aliphatic rings. The van der Waals surface area contributed by atoms with E-state index in [1.54, 1.807) is 6.92 Å². The second-order valence-electron chi connectivity index (χ2n) is 5.40. The first-order valence-corrected chi connectivity index (χ1v) is 7.06. The normalized spacial score (nSPS) is 14.6. The molecular weight excluding hydrogens is 246 g/mol. The van der Waals surface area contributed by atoms with Gasteiger partial charge in [-0.2, -0.15) is 0 Å². The molecule has 19 heavy (non-hydrogen) atoms. The summed E-state index contributed by atoms with van der Waals surface area (Å²) in [5.41, 5.74) is -0.908. The highest BCUT2D eigenvalue weighted by atomic mass is 16.5. The van der Waals surface area contributed by atoms with Crippen molar-refractivity contribution in [3.05, 3.63) is 0 Å². The summed E-state index contributed by atoms with van der Waals surface area (Å²) in [4.78, 5) is 11.2. The molecule has 0 heterocycles. The van der Waals surface area contributed by atoms with Crippen LogP contribution in [0.1, 0.15) is 40.5 Å². The van der Waals surface area contributed by atoms with Crippen molar-refractivity contribution in [3.8, 4) is 0 Å². The van der Waals surface area contributed by atoms with Crippen molar-refractivity contribution in [2.45, 2.75) is 46.1 Å². The van der Waals surface area contributed by atoms with Crippen molar-refractivity contribution >= 4 is 5.97 Å². The summed E-state index contributed by atoms with van der Waals surface area (Å²) in [7, 11) is 0. The van der Waals surface area contributed by atoms with Crippen LogP contribution in [0.5, 0.6) is 0 Å². The number of hydrogen-bond donors (Lipinski definition) is 2. The van der Waals surface area contributed by atoms with Gasteiger partial charge in [-0.25, -0.2) is 0 Å². The fourth-order valence-electron chi connectivity index (χ4n) is 1.49. The first-order chi connectivity index (χ1) is 8.92. The van der Waals surface area contributed by atoms with Crippen LogP contribution in [0.3, 0.4) is 0 Å². The average Bonchev–Trinajstić information content (AvgIpc) is 2.34. The van der Waals surface area contributed by atoms with E-state index in [9.17, 15) is 9.90 Å². The van der Waals surface area contributed by atoms with Crippen LogP contribution in [0.25, 0.3) is 0 Å². The van der Waals surface area contributed by atoms with Gasteiger partial charge < -0.3 is 19.9 Å². The van der Waals surface area contributed by atoms with Crippen LogP contribution in [0.4, 0.5) is 0 Å². The van der Waals surface area contributed by atoms with Gasteiger partial charge in [0.1, 0.15) is 5.54 Å². The molecule has 114 valence electrons. The molecule has 0 aromatic rings. The molecule has 1 unspecified atom stereocenters. The maximum Gasteiger partial charge on any atom is 0.323 e. The molecule has 1 atom stereocenters. The standard InChI is InChI=1S/C14H29NO4/c1-5-7-15-14(4,13(16)17)6-8-18-9-10-19-11-12(2)3/h12,15H,5-11H2,1-4H3,(H,16,17). The zero-order valence-electron chi connectivity index (χ0n) is 12.7. The van der Waals surface area contributed by atoms with Gasteiger partial charge in [0.2, 0.25) is 0 Å². The van der Waals surface area contributed by atoms with E-state index in [-0.39, 0.29) is 0 Å². The summed E-state index contributed by atoms with van der Waals surface area (Å²) in [5.74, 6) is -0.311. The molecule has 0 saturated carbocycles. The van der Waals surface area contributed by atoms with Crippen LogP contribution in [0.15, 0.2) is 0 Å². The number of nitrogens with one attached hydrogen (secondary N) is 1. The summed E-state index contributed by atoms with van der Waals surface area (Å²) in [6.07, 6.45) is 1.36. The van der Waals surface area contributed by atoms with E-state index >= 15 is 0 Å². The highest BCUT2D eigenvalue weighted by Gasteiger charge is 2.31. The van der Waals surface area contributed by atoms with E-state index < -0.39 is 11.5 Å². The SMILES string of the molecule is CCCNC(C)(CCOCCOCC(C)C)C(=O)O. The van der Waals surface area contributed by atoms with Crippen LogP contribution in [0.2, 0.25) is 0 Å². The Morgan fingerprint density at radius 3 is 2.42 bits per heavy atom. The van der Waals surface area contributed by atoms with E-state index in [0.29, 0.717) is 38.7 Å². The van der Waals surface area contributed by atoms with E-state index in [2.05, 4.69) is 19.2 Å². The number of carboxylic acid groups (broad SMARTS) is 1. The second-order valence-corrected chi connectivity index (χ2v) is 5.40. The van der Waals surface area contributed by atoms with Crippen LogP contribution >= 0.6 is 0 Å². The fourth-order valence-corrected chi connectivity index (χ4v) is 1.49. The lowest BCUT2D eigenvalue weighted by Gasteiger charge is -2.26. The summed E-state index contributed by atoms with van der Waals surface area (Å²) in [6.45, 7) is 10.8. The Labute approximate surface area is 116 Å². The Hall–Kier alpha value is -0.650. The van der Waals surface area contributed by atoms with Crippen molar-refractivity contribution in [3.63, 3.8) is 0 Å². The minimum Gasteiger partial charge on any atom is -0.480 e. The molecule has 0 radical (unpaired) electrons. The van der Waals surface area contributed by atoms with E-state index in [1.165, 1.54) is 0 Å². The lowest BCUT2D eigenvalue weighted by molar-refractivity contribution is -0.145. The topological polar surface area (TPSA) is 67.8 Å². The maximum absolute atomic E-state index is 11.2. The van der Waals surface area contributed by atoms with Crippen LogP contribution in [-0.4, -0.2) is 49.6 Å². The molecule has 2 N–H and O–H groups in total. The zero-order chi connectivity index (χ0) is 14.7. The van der Waals surface area contributed by atoms with Gasteiger partial charge in [0.15, 0.2) is 0 Å². The third kappa shape index (κ3) is 8.97. The molecule has 0 aliphatic carbocycles. The van der Waals surface area contributed by atoms with Crippen molar-refractivity contribution in [2.24, 2.45) is 5.92 Å². The lowest BCUT2D eigenvalue weighted by atomic mass is 9.98. The summed E-state index contributed by atoms with van der Waals surface area (Å²) in [6, 6.07) is 0. The van der Waals surface area contributed by atoms with Crippen molar-refractivity contribution in [1.29, 1.82) is 0 Å². The first-order valence-electron chi connectivity index (χ1n) is 7.06. The number of carboxylic acids is 1. The zero-order valence-corrected chi connectivity index (χ0v) is 12.7. The summed E-state index contributed by atoms with van der Waals surface area (Å²) < 4.78 is 10.8. The minimum absolute atomic E-state index is 0.421. The molecule has 0 bridgehead atoms. The second kappa shape index (κ2) is 10.2. The predicted octanol–water partition coefficient (Wildman–Crippen LogP) is 1.91. The summed E-state index contributed by atoms with van der Waals surface area (Å²) >= 11 is 0. The molecule has 0 fully saturated rings. The summed E-state index contributed by atoms with van der Waals surface area (Å²) in [5, 5.41) is 12.3. The molecule has 0 saturated heterocycles. The molecule has 0 aliphatic heterocycles. The molecule has 0 spiro atoms. The van der Waals surface area contributed by atoms with Gasteiger partial charge in [0.25, 0.3) is 0 Å². The third-order valence-corrected chi connectivity index (χ3v) is 2.81. The van der Waals surface area contributed by atoms with E-state index in [1.807, 2.05) is 6.92 Å². The maximum atomic E-state index is 11.2. The smallest absolute Gasteiger partial charge is 0.323 e. The quantitative estimate of drug-likeness (QED) is 0.533. The number of ether oxygens (including phenoxy) is 2. The molecule has 0 aromatic heterocycles. The Morgan fingerprint density at radius 1 is 1.26 bits per heavy atom. The highest BCUT2D eigenvalue weighted by molar-refractivity contribution is 5.78. The molecule has 0 rings (SSSR count). The Morgan fingerprint density at radius 2 is 1.89 bits per heavy atom. The third-order valence-electron chi connectivity index (χ3n) is 2.81. The van der Waals surface area contributed by atoms with Crippen molar-refractivity contribution in [2.75, 3.05) is 33.0 Å². The van der Waals surface area contributed by atoms with Crippen LogP contribution in [-0.2, 0) is 14.3 Å². The van der Waals surface area contributed by atoms with Crippen LogP contribution < -0.4 is 5.32 Å². The van der Waals surface area contributed by atoms with Gasteiger partial charge in [0.05, 0.1) is 13.2 Å². The monoisotopic (exact) mass is 275 g/mol. The number of aliphatic carboxylic acids is 1. The van der Waals surface area contributed by atoms with Crippen molar-refractivity contribution in [1.82, 2.24) is 5.32 Å². The Kier molecular flexibility index (Phi) is 9.83. The molecule has 5 heteroatoms. The number of rotatable bonds is 12. The Bertz CT molecular complexity index is 246. The molecule has 0 aromatic carbocycles. The predicted molar refractivity (Wildman–Crippen MR) is 75.4 cm³/mol. The molecular formula is C14H29NO4. The van der Waals surface area contributed by atoms with Gasteiger partial charge in [-0.1, -0.05) is 20.8 Å².